The molecule has 1 N–H and O–H groups in total. The van der Waals surface area contributed by atoms with Gasteiger partial charge in [-0.3, -0.25) is 4.79 Å². The summed E-state index contributed by atoms with van der Waals surface area (Å²) in [5, 5.41) is 9.21. The van der Waals surface area contributed by atoms with Gasteiger partial charge >= 0.3 is 11.9 Å². The quantitative estimate of drug-likeness (QED) is 0.645. The molecule has 0 bridgehead atoms. The van der Waals surface area contributed by atoms with Crippen LogP contribution in [-0.2, 0) is 4.79 Å². The van der Waals surface area contributed by atoms with Crippen LogP contribution >= 0.6 is 0 Å². The lowest BCUT2D eigenvalue weighted by molar-refractivity contribution is -0.131. The van der Waals surface area contributed by atoms with E-state index in [1.807, 2.05) is 13.8 Å². The van der Waals surface area contributed by atoms with Crippen molar-refractivity contribution < 1.29 is 19.4 Å². The molecule has 1 unspecified atom stereocenters. The minimum atomic E-state index is -1.07. The average molecular weight is 236 g/mol. The number of carbonyl (C=O) groups is 2. The van der Waals surface area contributed by atoms with Gasteiger partial charge in [-0.05, 0) is 24.0 Å². The van der Waals surface area contributed by atoms with E-state index >= 15 is 0 Å². The Hall–Kier alpha value is -1.84. The number of benzene rings is 1. The first-order chi connectivity index (χ1) is 7.97. The summed E-state index contributed by atoms with van der Waals surface area (Å²) in [5.41, 5.74) is 0.774. The van der Waals surface area contributed by atoms with Crippen molar-refractivity contribution in [2.45, 2.75) is 33.1 Å². The SMILES string of the molecule is CCC(C)c1cccc(OC(C)=O)c1C(=O)O. The highest BCUT2D eigenvalue weighted by atomic mass is 16.5. The Morgan fingerprint density at radius 3 is 2.53 bits per heavy atom. The molecule has 0 fully saturated rings. The van der Waals surface area contributed by atoms with E-state index in [9.17, 15) is 14.7 Å². The monoisotopic (exact) mass is 236 g/mol. The van der Waals surface area contributed by atoms with E-state index in [2.05, 4.69) is 0 Å². The van der Waals surface area contributed by atoms with Gasteiger partial charge in [-0.25, -0.2) is 4.79 Å². The summed E-state index contributed by atoms with van der Waals surface area (Å²) in [6, 6.07) is 4.95. The van der Waals surface area contributed by atoms with E-state index < -0.39 is 11.9 Å². The fourth-order valence-electron chi connectivity index (χ4n) is 1.65. The second kappa shape index (κ2) is 5.48. The van der Waals surface area contributed by atoms with E-state index in [0.29, 0.717) is 5.56 Å². The van der Waals surface area contributed by atoms with Gasteiger partial charge in [0.15, 0.2) is 0 Å². The van der Waals surface area contributed by atoms with Crippen LogP contribution in [0.5, 0.6) is 5.75 Å². The largest absolute Gasteiger partial charge is 0.478 e. The first-order valence-corrected chi connectivity index (χ1v) is 5.52. The smallest absolute Gasteiger partial charge is 0.339 e. The maximum Gasteiger partial charge on any atom is 0.339 e. The van der Waals surface area contributed by atoms with Crippen LogP contribution in [0.3, 0.4) is 0 Å². The van der Waals surface area contributed by atoms with Gasteiger partial charge in [0.05, 0.1) is 0 Å². The molecule has 0 aliphatic heterocycles. The standard InChI is InChI=1S/C13H16O4/c1-4-8(2)10-6-5-7-11(17-9(3)14)12(10)13(15)16/h5-8H,4H2,1-3H3,(H,15,16). The highest BCUT2D eigenvalue weighted by Gasteiger charge is 2.20. The first kappa shape index (κ1) is 13.2. The summed E-state index contributed by atoms with van der Waals surface area (Å²) >= 11 is 0. The van der Waals surface area contributed by atoms with Crippen LogP contribution < -0.4 is 4.74 Å². The number of hydrogen-bond acceptors (Lipinski definition) is 3. The van der Waals surface area contributed by atoms with Crippen molar-refractivity contribution in [3.05, 3.63) is 29.3 Å². The lowest BCUT2D eigenvalue weighted by atomic mass is 9.93. The zero-order chi connectivity index (χ0) is 13.0. The Kier molecular flexibility index (Phi) is 4.26. The zero-order valence-corrected chi connectivity index (χ0v) is 10.2. The number of rotatable bonds is 4. The molecule has 0 saturated carbocycles. The molecule has 0 radical (unpaired) electrons. The van der Waals surface area contributed by atoms with Crippen LogP contribution in [0.15, 0.2) is 18.2 Å². The summed E-state index contributed by atoms with van der Waals surface area (Å²) < 4.78 is 4.92. The summed E-state index contributed by atoms with van der Waals surface area (Å²) in [6.45, 7) is 5.18. The second-order valence-corrected chi connectivity index (χ2v) is 3.93. The Morgan fingerprint density at radius 1 is 1.41 bits per heavy atom. The van der Waals surface area contributed by atoms with Crippen LogP contribution in [0.2, 0.25) is 0 Å². The van der Waals surface area contributed by atoms with Crippen molar-refractivity contribution in [1.82, 2.24) is 0 Å². The molecule has 0 spiro atoms. The van der Waals surface area contributed by atoms with Gasteiger partial charge in [-0.1, -0.05) is 26.0 Å². The maximum atomic E-state index is 11.3. The molecule has 0 amide bonds. The lowest BCUT2D eigenvalue weighted by Crippen LogP contribution is -2.11. The topological polar surface area (TPSA) is 63.6 Å². The summed E-state index contributed by atoms with van der Waals surface area (Å²) in [5.74, 6) is -1.37. The third kappa shape index (κ3) is 3.06. The van der Waals surface area contributed by atoms with E-state index in [1.54, 1.807) is 12.1 Å². The number of hydrogen-bond donors (Lipinski definition) is 1. The zero-order valence-electron chi connectivity index (χ0n) is 10.2. The van der Waals surface area contributed by atoms with Crippen molar-refractivity contribution in [2.24, 2.45) is 0 Å². The van der Waals surface area contributed by atoms with Crippen molar-refractivity contribution in [1.29, 1.82) is 0 Å². The van der Waals surface area contributed by atoms with Crippen molar-refractivity contribution in [3.63, 3.8) is 0 Å². The highest BCUT2D eigenvalue weighted by molar-refractivity contribution is 5.93. The van der Waals surface area contributed by atoms with E-state index in [4.69, 9.17) is 4.74 Å². The van der Waals surface area contributed by atoms with Crippen LogP contribution in [-0.4, -0.2) is 17.0 Å². The summed E-state index contributed by atoms with van der Waals surface area (Å²) in [7, 11) is 0. The van der Waals surface area contributed by atoms with Gasteiger partial charge in [0.25, 0.3) is 0 Å². The van der Waals surface area contributed by atoms with Gasteiger partial charge in [0.1, 0.15) is 11.3 Å². The normalized spacial score (nSPS) is 11.9. The molecule has 0 aliphatic rings. The van der Waals surface area contributed by atoms with Crippen LogP contribution in [0.25, 0.3) is 0 Å². The highest BCUT2D eigenvalue weighted by Crippen LogP contribution is 2.29. The summed E-state index contributed by atoms with van der Waals surface area (Å²) in [6.07, 6.45) is 0.823. The molecule has 0 saturated heterocycles. The Balaban J connectivity index is 3.31. The van der Waals surface area contributed by atoms with Gasteiger partial charge in [-0.15, -0.1) is 0 Å². The average Bonchev–Trinajstić information content (AvgIpc) is 2.26. The van der Waals surface area contributed by atoms with Gasteiger partial charge < -0.3 is 9.84 Å². The summed E-state index contributed by atoms with van der Waals surface area (Å²) in [4.78, 5) is 22.2. The number of aromatic carboxylic acids is 1. The van der Waals surface area contributed by atoms with Gasteiger partial charge in [0.2, 0.25) is 0 Å². The van der Waals surface area contributed by atoms with Crippen molar-refractivity contribution in [2.75, 3.05) is 0 Å². The van der Waals surface area contributed by atoms with Crippen molar-refractivity contribution in [3.8, 4) is 5.75 Å². The maximum absolute atomic E-state index is 11.3. The van der Waals surface area contributed by atoms with Crippen LogP contribution in [0.1, 0.15) is 49.0 Å². The Bertz CT molecular complexity index is 437. The number of carboxylic acids is 1. The molecule has 0 aromatic heterocycles. The molecule has 92 valence electrons. The number of esters is 1. The molecule has 17 heavy (non-hydrogen) atoms. The van der Waals surface area contributed by atoms with E-state index in [1.165, 1.54) is 13.0 Å². The lowest BCUT2D eigenvalue weighted by Gasteiger charge is -2.15. The minimum Gasteiger partial charge on any atom is -0.478 e. The fraction of sp³-hybridized carbons (Fsp3) is 0.385. The van der Waals surface area contributed by atoms with Crippen LogP contribution in [0, 0.1) is 0 Å². The van der Waals surface area contributed by atoms with Crippen molar-refractivity contribution >= 4 is 11.9 Å². The third-order valence-electron chi connectivity index (χ3n) is 2.67. The predicted octanol–water partition coefficient (Wildman–Crippen LogP) is 2.82. The number of carbonyl (C=O) groups excluding carboxylic acids is 1. The molecule has 4 heteroatoms. The van der Waals surface area contributed by atoms with Crippen LogP contribution in [0.4, 0.5) is 0 Å². The van der Waals surface area contributed by atoms with Gasteiger partial charge in [-0.2, -0.15) is 0 Å². The second-order valence-electron chi connectivity index (χ2n) is 3.93. The molecule has 1 aromatic carbocycles. The first-order valence-electron chi connectivity index (χ1n) is 5.52. The molecular formula is C13H16O4. The molecule has 4 nitrogen and oxygen atoms in total. The predicted molar refractivity (Wildman–Crippen MR) is 63.4 cm³/mol. The minimum absolute atomic E-state index is 0.0806. The molecule has 0 aliphatic carbocycles. The van der Waals surface area contributed by atoms with E-state index in [0.717, 1.165) is 6.42 Å². The molecular weight excluding hydrogens is 220 g/mol. The fourth-order valence-corrected chi connectivity index (χ4v) is 1.65. The number of ether oxygens (including phenoxy) is 1. The molecule has 1 atom stereocenters. The Labute approximate surface area is 100 Å². The molecule has 0 heterocycles. The molecule has 1 rings (SSSR count). The molecule has 1 aromatic rings. The third-order valence-corrected chi connectivity index (χ3v) is 2.67. The van der Waals surface area contributed by atoms with Gasteiger partial charge in [0, 0.05) is 6.92 Å². The van der Waals surface area contributed by atoms with E-state index in [-0.39, 0.29) is 17.2 Å². The Morgan fingerprint density at radius 2 is 2.06 bits per heavy atom. The number of carboxylic acid groups (broad SMARTS) is 1.